The van der Waals surface area contributed by atoms with E-state index in [1.807, 2.05) is 6.92 Å². The van der Waals surface area contributed by atoms with Crippen LogP contribution in [-0.4, -0.2) is 35.7 Å². The second-order valence-electron chi connectivity index (χ2n) is 7.17. The molecule has 0 saturated carbocycles. The predicted molar refractivity (Wildman–Crippen MR) is 112 cm³/mol. The molecule has 0 spiro atoms. The third-order valence-electron chi connectivity index (χ3n) is 4.70. The summed E-state index contributed by atoms with van der Waals surface area (Å²) in [5.41, 5.74) is 2.84. The van der Waals surface area contributed by atoms with E-state index in [1.54, 1.807) is 5.01 Å². The number of hydrogen-bond acceptors (Lipinski definition) is 3. The monoisotopic (exact) mass is 368 g/mol. The summed E-state index contributed by atoms with van der Waals surface area (Å²) < 4.78 is 0. The molecule has 0 aliphatic heterocycles. The van der Waals surface area contributed by atoms with Crippen molar-refractivity contribution in [2.24, 2.45) is 0 Å². The van der Waals surface area contributed by atoms with E-state index in [1.165, 1.54) is 70.6 Å². The van der Waals surface area contributed by atoms with Crippen molar-refractivity contribution in [1.29, 1.82) is 0 Å². The highest BCUT2D eigenvalue weighted by atomic mass is 16.3. The number of carbonyl (C=O) groups is 1. The number of allylic oxidation sites excluding steroid dienone is 2. The van der Waals surface area contributed by atoms with Crippen LogP contribution in [0.5, 0.6) is 0 Å². The number of aliphatic hydroxyl groups is 1. The molecule has 26 heavy (non-hydrogen) atoms. The molecule has 0 saturated heterocycles. The van der Waals surface area contributed by atoms with Gasteiger partial charge < -0.3 is 5.11 Å². The number of aliphatic hydroxyl groups excluding tert-OH is 1. The Morgan fingerprint density at radius 2 is 1.38 bits per heavy atom. The molecule has 0 fully saturated rings. The van der Waals surface area contributed by atoms with Crippen molar-refractivity contribution < 1.29 is 9.90 Å². The molecule has 0 heterocycles. The maximum absolute atomic E-state index is 11.8. The lowest BCUT2D eigenvalue weighted by molar-refractivity contribution is -0.126. The second kappa shape index (κ2) is 20.4. The zero-order valence-electron chi connectivity index (χ0n) is 17.5. The molecule has 1 amide bonds. The first-order chi connectivity index (χ1) is 12.7. The van der Waals surface area contributed by atoms with Crippen LogP contribution in [0.3, 0.4) is 0 Å². The topological polar surface area (TPSA) is 52.6 Å². The summed E-state index contributed by atoms with van der Waals surface area (Å²) in [5.74, 6) is 0.0675. The first-order valence-electron chi connectivity index (χ1n) is 11.0. The average Bonchev–Trinajstić information content (AvgIpc) is 2.64. The van der Waals surface area contributed by atoms with Gasteiger partial charge in [0.25, 0.3) is 0 Å². The minimum Gasteiger partial charge on any atom is -0.395 e. The normalized spacial score (nSPS) is 11.5. The summed E-state index contributed by atoms with van der Waals surface area (Å²) in [5, 5.41) is 10.7. The minimum absolute atomic E-state index is 0.0675. The van der Waals surface area contributed by atoms with Crippen molar-refractivity contribution >= 4 is 5.91 Å². The lowest BCUT2D eigenvalue weighted by Gasteiger charge is -2.20. The summed E-state index contributed by atoms with van der Waals surface area (Å²) in [4.78, 5) is 11.8. The van der Waals surface area contributed by atoms with Crippen molar-refractivity contribution in [3.05, 3.63) is 12.2 Å². The van der Waals surface area contributed by atoms with Gasteiger partial charge in [0.15, 0.2) is 0 Å². The first kappa shape index (κ1) is 25.1. The summed E-state index contributed by atoms with van der Waals surface area (Å²) in [6.45, 7) is 5.52. The third-order valence-corrected chi connectivity index (χ3v) is 4.70. The number of amides is 1. The van der Waals surface area contributed by atoms with E-state index >= 15 is 0 Å². The van der Waals surface area contributed by atoms with Gasteiger partial charge in [-0.15, -0.1) is 0 Å². The van der Waals surface area contributed by atoms with Crippen LogP contribution in [0, 0.1) is 0 Å². The van der Waals surface area contributed by atoms with Gasteiger partial charge in [-0.25, -0.2) is 5.01 Å². The van der Waals surface area contributed by atoms with Gasteiger partial charge in [0.05, 0.1) is 6.61 Å². The molecule has 0 aliphatic carbocycles. The van der Waals surface area contributed by atoms with Gasteiger partial charge in [-0.2, -0.15) is 0 Å². The van der Waals surface area contributed by atoms with Crippen molar-refractivity contribution in [2.45, 2.75) is 104 Å². The van der Waals surface area contributed by atoms with E-state index < -0.39 is 0 Å². The summed E-state index contributed by atoms with van der Waals surface area (Å²) in [7, 11) is 0. The summed E-state index contributed by atoms with van der Waals surface area (Å²) in [6.07, 6.45) is 21.8. The summed E-state index contributed by atoms with van der Waals surface area (Å²) >= 11 is 0. The maximum Gasteiger partial charge on any atom is 0.234 e. The quantitative estimate of drug-likeness (QED) is 0.183. The number of likely N-dealkylation sites (N-methyl/N-ethyl adjacent to an activating group) is 1. The zero-order chi connectivity index (χ0) is 19.3. The van der Waals surface area contributed by atoms with Gasteiger partial charge in [0, 0.05) is 19.5 Å². The Balaban J connectivity index is 3.32. The first-order valence-corrected chi connectivity index (χ1v) is 11.0. The van der Waals surface area contributed by atoms with Crippen molar-refractivity contribution in [1.82, 2.24) is 10.4 Å². The lowest BCUT2D eigenvalue weighted by atomic mass is 10.1. The van der Waals surface area contributed by atoms with Gasteiger partial charge in [-0.05, 0) is 32.1 Å². The fraction of sp³-hybridized carbons (Fsp3) is 0.864. The Hall–Kier alpha value is -0.870. The number of carbonyl (C=O) groups excluding carboxylic acids is 1. The van der Waals surface area contributed by atoms with Crippen molar-refractivity contribution in [3.63, 3.8) is 0 Å². The molecule has 0 bridgehead atoms. The maximum atomic E-state index is 11.8. The summed E-state index contributed by atoms with van der Waals surface area (Å²) in [6, 6.07) is 0. The van der Waals surface area contributed by atoms with Crippen LogP contribution in [-0.2, 0) is 4.79 Å². The standard InChI is InChI=1S/C22H44N2O2/c1-3-5-6-7-8-9-10-11-12-13-14-15-16-17-18-19-22(26)23-24(4-2)20-21-25/h11-12,25H,3-10,13-21H2,1-2H3,(H,23,26)/b12-11-. The molecule has 0 aromatic carbocycles. The van der Waals surface area contributed by atoms with E-state index in [2.05, 4.69) is 24.5 Å². The van der Waals surface area contributed by atoms with E-state index in [-0.39, 0.29) is 12.5 Å². The van der Waals surface area contributed by atoms with Crippen LogP contribution >= 0.6 is 0 Å². The fourth-order valence-corrected chi connectivity index (χ4v) is 3.00. The van der Waals surface area contributed by atoms with Crippen molar-refractivity contribution in [2.75, 3.05) is 19.7 Å². The molecule has 0 aromatic heterocycles. The molecule has 0 aromatic rings. The van der Waals surface area contributed by atoms with Gasteiger partial charge in [0.1, 0.15) is 0 Å². The highest BCUT2D eigenvalue weighted by molar-refractivity contribution is 5.75. The van der Waals surface area contributed by atoms with Crippen LogP contribution in [0.25, 0.3) is 0 Å². The van der Waals surface area contributed by atoms with Crippen LogP contribution in [0.15, 0.2) is 12.2 Å². The molecule has 4 heteroatoms. The molecule has 0 atom stereocenters. The number of nitrogens with one attached hydrogen (secondary N) is 1. The molecule has 0 rings (SSSR count). The Morgan fingerprint density at radius 1 is 0.846 bits per heavy atom. The van der Waals surface area contributed by atoms with E-state index in [0.717, 1.165) is 19.4 Å². The smallest absolute Gasteiger partial charge is 0.234 e. The number of hydrogen-bond donors (Lipinski definition) is 2. The largest absolute Gasteiger partial charge is 0.395 e. The molecular weight excluding hydrogens is 324 g/mol. The van der Waals surface area contributed by atoms with E-state index in [4.69, 9.17) is 5.11 Å². The molecule has 0 aliphatic rings. The Bertz CT molecular complexity index is 332. The highest BCUT2D eigenvalue weighted by Crippen LogP contribution is 2.10. The van der Waals surface area contributed by atoms with Crippen LogP contribution < -0.4 is 5.43 Å². The Morgan fingerprint density at radius 3 is 1.92 bits per heavy atom. The second-order valence-corrected chi connectivity index (χ2v) is 7.17. The van der Waals surface area contributed by atoms with Crippen molar-refractivity contribution in [3.8, 4) is 0 Å². The van der Waals surface area contributed by atoms with Gasteiger partial charge >= 0.3 is 0 Å². The zero-order valence-corrected chi connectivity index (χ0v) is 17.5. The predicted octanol–water partition coefficient (Wildman–Crippen LogP) is 5.37. The van der Waals surface area contributed by atoms with Gasteiger partial charge in [0.2, 0.25) is 5.91 Å². The van der Waals surface area contributed by atoms with Gasteiger partial charge in [-0.1, -0.05) is 77.4 Å². The number of unbranched alkanes of at least 4 members (excludes halogenated alkanes) is 11. The molecule has 0 radical (unpaired) electrons. The molecule has 154 valence electrons. The molecule has 2 N–H and O–H groups in total. The average molecular weight is 369 g/mol. The lowest BCUT2D eigenvalue weighted by Crippen LogP contribution is -2.43. The SMILES string of the molecule is CCCCCCCC/C=C\CCCCCCCC(=O)NN(CC)CCO. The number of hydrazine groups is 1. The molecule has 4 nitrogen and oxygen atoms in total. The minimum atomic E-state index is 0.0675. The Labute approximate surface area is 162 Å². The number of rotatable bonds is 19. The van der Waals surface area contributed by atoms with Crippen LogP contribution in [0.2, 0.25) is 0 Å². The van der Waals surface area contributed by atoms with Gasteiger partial charge in [-0.3, -0.25) is 10.2 Å². The Kier molecular flexibility index (Phi) is 19.8. The van der Waals surface area contributed by atoms with E-state index in [9.17, 15) is 4.79 Å². The van der Waals surface area contributed by atoms with E-state index in [0.29, 0.717) is 13.0 Å². The fourth-order valence-electron chi connectivity index (χ4n) is 3.00. The molecule has 0 unspecified atom stereocenters. The van der Waals surface area contributed by atoms with Crippen LogP contribution in [0.4, 0.5) is 0 Å². The van der Waals surface area contributed by atoms with Crippen LogP contribution in [0.1, 0.15) is 104 Å². The highest BCUT2D eigenvalue weighted by Gasteiger charge is 2.06. The molecular formula is C22H44N2O2. The number of nitrogens with zero attached hydrogens (tertiary/aromatic N) is 1. The third kappa shape index (κ3) is 17.9.